The number of benzene rings is 1. The standard InChI is InChI=1S/C8H8N2O2.C6H15N/c9-8(6-10(11)12)7-4-2-1-3-5-7;1-4-7(5-2)6-3/h1-6H,9H2;4-6H2,1-3H3/b8-6-;. The van der Waals surface area contributed by atoms with Crippen LogP contribution in [0.1, 0.15) is 26.3 Å². The van der Waals surface area contributed by atoms with Gasteiger partial charge in [-0.2, -0.15) is 0 Å². The molecule has 0 aliphatic rings. The van der Waals surface area contributed by atoms with Crippen molar-refractivity contribution in [3.05, 3.63) is 52.2 Å². The third kappa shape index (κ3) is 7.94. The van der Waals surface area contributed by atoms with Gasteiger partial charge in [-0.05, 0) is 19.6 Å². The molecule has 106 valence electrons. The molecule has 1 rings (SSSR count). The molecule has 0 unspecified atom stereocenters. The zero-order valence-corrected chi connectivity index (χ0v) is 11.9. The summed E-state index contributed by atoms with van der Waals surface area (Å²) in [5.41, 5.74) is 6.24. The molecular weight excluding hydrogens is 242 g/mol. The lowest BCUT2D eigenvalue weighted by Crippen LogP contribution is -2.21. The smallest absolute Gasteiger partial charge is 0.257 e. The van der Waals surface area contributed by atoms with Gasteiger partial charge in [0.25, 0.3) is 6.20 Å². The Morgan fingerprint density at radius 3 is 2.00 bits per heavy atom. The van der Waals surface area contributed by atoms with Crippen LogP contribution < -0.4 is 5.73 Å². The number of hydrogen-bond donors (Lipinski definition) is 1. The summed E-state index contributed by atoms with van der Waals surface area (Å²) in [5, 5.41) is 10.0. The minimum Gasteiger partial charge on any atom is -0.393 e. The van der Waals surface area contributed by atoms with Crippen LogP contribution in [0.4, 0.5) is 0 Å². The average Bonchev–Trinajstić information content (AvgIpc) is 2.42. The summed E-state index contributed by atoms with van der Waals surface area (Å²) in [5.74, 6) is 0. The Balaban J connectivity index is 0.000000399. The molecular formula is C14H23N3O2. The normalized spacial score (nSPS) is 10.8. The van der Waals surface area contributed by atoms with E-state index in [0.29, 0.717) is 5.56 Å². The summed E-state index contributed by atoms with van der Waals surface area (Å²) >= 11 is 0. The molecule has 1 aromatic rings. The summed E-state index contributed by atoms with van der Waals surface area (Å²) < 4.78 is 0. The molecule has 0 fully saturated rings. The van der Waals surface area contributed by atoms with Gasteiger partial charge in [-0.25, -0.2) is 0 Å². The summed E-state index contributed by atoms with van der Waals surface area (Å²) in [6.07, 6.45) is 0.787. The van der Waals surface area contributed by atoms with E-state index in [1.165, 1.54) is 19.6 Å². The van der Waals surface area contributed by atoms with Crippen molar-refractivity contribution in [3.63, 3.8) is 0 Å². The van der Waals surface area contributed by atoms with Gasteiger partial charge in [0, 0.05) is 5.56 Å². The number of nitrogens with zero attached hydrogens (tertiary/aromatic N) is 2. The molecule has 0 atom stereocenters. The van der Waals surface area contributed by atoms with E-state index >= 15 is 0 Å². The lowest BCUT2D eigenvalue weighted by atomic mass is 10.2. The van der Waals surface area contributed by atoms with E-state index in [0.717, 1.165) is 6.20 Å². The molecule has 5 heteroatoms. The highest BCUT2D eigenvalue weighted by Crippen LogP contribution is 2.06. The molecule has 1 aromatic carbocycles. The summed E-state index contributed by atoms with van der Waals surface area (Å²) in [6.45, 7) is 10.1. The summed E-state index contributed by atoms with van der Waals surface area (Å²) in [6, 6.07) is 8.81. The first-order valence-electron chi connectivity index (χ1n) is 6.43. The van der Waals surface area contributed by atoms with E-state index in [-0.39, 0.29) is 5.70 Å². The highest BCUT2D eigenvalue weighted by atomic mass is 16.6. The maximum Gasteiger partial charge on any atom is 0.257 e. The molecule has 0 saturated carbocycles. The van der Waals surface area contributed by atoms with Crippen molar-refractivity contribution < 1.29 is 4.92 Å². The molecule has 5 nitrogen and oxygen atoms in total. The lowest BCUT2D eigenvalue weighted by molar-refractivity contribution is -0.401. The first kappa shape index (κ1) is 17.1. The van der Waals surface area contributed by atoms with Crippen LogP contribution in [0.15, 0.2) is 36.5 Å². The van der Waals surface area contributed by atoms with Crippen molar-refractivity contribution in [1.29, 1.82) is 0 Å². The van der Waals surface area contributed by atoms with Crippen LogP contribution in [-0.4, -0.2) is 29.5 Å². The molecule has 0 aromatic heterocycles. The minimum atomic E-state index is -0.567. The van der Waals surface area contributed by atoms with Crippen LogP contribution in [0.3, 0.4) is 0 Å². The monoisotopic (exact) mass is 265 g/mol. The second-order valence-corrected chi connectivity index (χ2v) is 3.86. The zero-order valence-electron chi connectivity index (χ0n) is 11.9. The largest absolute Gasteiger partial charge is 0.393 e. The minimum absolute atomic E-state index is 0.167. The predicted octanol–water partition coefficient (Wildman–Crippen LogP) is 2.57. The Hall–Kier alpha value is -1.88. The Labute approximate surface area is 114 Å². The SMILES string of the molecule is CCN(CC)CC.N/C(=C\[N+](=O)[O-])c1ccccc1. The van der Waals surface area contributed by atoms with Crippen molar-refractivity contribution in [1.82, 2.24) is 4.90 Å². The quantitative estimate of drug-likeness (QED) is 0.656. The van der Waals surface area contributed by atoms with E-state index in [4.69, 9.17) is 5.73 Å². The lowest BCUT2D eigenvalue weighted by Gasteiger charge is -2.13. The van der Waals surface area contributed by atoms with E-state index < -0.39 is 4.92 Å². The van der Waals surface area contributed by atoms with Gasteiger partial charge in [0.15, 0.2) is 0 Å². The third-order valence-corrected chi connectivity index (χ3v) is 2.69. The van der Waals surface area contributed by atoms with Gasteiger partial charge in [-0.15, -0.1) is 0 Å². The van der Waals surface area contributed by atoms with E-state index in [9.17, 15) is 10.1 Å². The Morgan fingerprint density at radius 1 is 1.21 bits per heavy atom. The Bertz CT molecular complexity index is 381. The molecule has 0 amide bonds. The fourth-order valence-corrected chi connectivity index (χ4v) is 1.49. The Kier molecular flexibility index (Phi) is 9.08. The Morgan fingerprint density at radius 2 is 1.68 bits per heavy atom. The van der Waals surface area contributed by atoms with Gasteiger partial charge >= 0.3 is 0 Å². The number of rotatable bonds is 5. The van der Waals surface area contributed by atoms with Crippen LogP contribution >= 0.6 is 0 Å². The van der Waals surface area contributed by atoms with Gasteiger partial charge in [-0.3, -0.25) is 10.1 Å². The number of nitro groups is 1. The van der Waals surface area contributed by atoms with Gasteiger partial charge in [0.05, 0.1) is 4.92 Å². The van der Waals surface area contributed by atoms with Crippen LogP contribution in [0.25, 0.3) is 5.70 Å². The number of hydrogen-bond acceptors (Lipinski definition) is 4. The van der Waals surface area contributed by atoms with E-state index in [1.54, 1.807) is 24.3 Å². The molecule has 0 spiro atoms. The van der Waals surface area contributed by atoms with Crippen molar-refractivity contribution in [3.8, 4) is 0 Å². The first-order valence-corrected chi connectivity index (χ1v) is 6.43. The topological polar surface area (TPSA) is 72.4 Å². The molecule has 2 N–H and O–H groups in total. The predicted molar refractivity (Wildman–Crippen MR) is 79.1 cm³/mol. The molecule has 19 heavy (non-hydrogen) atoms. The summed E-state index contributed by atoms with van der Waals surface area (Å²) in [7, 11) is 0. The van der Waals surface area contributed by atoms with Crippen LogP contribution in [0.2, 0.25) is 0 Å². The zero-order chi connectivity index (χ0) is 14.7. The van der Waals surface area contributed by atoms with Crippen molar-refractivity contribution in [2.24, 2.45) is 5.73 Å². The van der Waals surface area contributed by atoms with Crippen LogP contribution in [0.5, 0.6) is 0 Å². The van der Waals surface area contributed by atoms with Gasteiger partial charge in [-0.1, -0.05) is 51.1 Å². The van der Waals surface area contributed by atoms with Gasteiger partial charge < -0.3 is 10.6 Å². The van der Waals surface area contributed by atoms with E-state index in [2.05, 4.69) is 25.7 Å². The van der Waals surface area contributed by atoms with Crippen molar-refractivity contribution in [2.75, 3.05) is 19.6 Å². The maximum absolute atomic E-state index is 10.0. The second-order valence-electron chi connectivity index (χ2n) is 3.86. The van der Waals surface area contributed by atoms with Gasteiger partial charge in [0.1, 0.15) is 5.70 Å². The molecule has 0 radical (unpaired) electrons. The second kappa shape index (κ2) is 10.1. The van der Waals surface area contributed by atoms with Crippen LogP contribution in [0, 0.1) is 10.1 Å². The molecule has 0 saturated heterocycles. The number of nitrogens with two attached hydrogens (primary N) is 1. The molecule has 0 bridgehead atoms. The summed E-state index contributed by atoms with van der Waals surface area (Å²) in [4.78, 5) is 11.8. The fraction of sp³-hybridized carbons (Fsp3) is 0.429. The third-order valence-electron chi connectivity index (χ3n) is 2.69. The highest BCUT2D eigenvalue weighted by Gasteiger charge is 1.98. The van der Waals surface area contributed by atoms with Crippen LogP contribution in [-0.2, 0) is 0 Å². The van der Waals surface area contributed by atoms with Gasteiger partial charge in [0.2, 0.25) is 0 Å². The fourth-order valence-electron chi connectivity index (χ4n) is 1.49. The average molecular weight is 265 g/mol. The van der Waals surface area contributed by atoms with Crippen molar-refractivity contribution >= 4 is 5.70 Å². The highest BCUT2D eigenvalue weighted by molar-refractivity contribution is 5.60. The molecule has 0 aliphatic carbocycles. The van der Waals surface area contributed by atoms with Crippen molar-refractivity contribution in [2.45, 2.75) is 20.8 Å². The first-order chi connectivity index (χ1) is 9.04. The molecule has 0 aliphatic heterocycles. The molecule has 0 heterocycles. The van der Waals surface area contributed by atoms with E-state index in [1.807, 2.05) is 6.07 Å². The maximum atomic E-state index is 10.0.